The molecule has 0 aromatic heterocycles. The van der Waals surface area contributed by atoms with Crippen LogP contribution in [0.3, 0.4) is 0 Å². The lowest BCUT2D eigenvalue weighted by atomic mass is 10.1. The smallest absolute Gasteiger partial charge is 0.410 e. The van der Waals surface area contributed by atoms with Gasteiger partial charge in [-0.2, -0.15) is 0 Å². The zero-order valence-corrected chi connectivity index (χ0v) is 10.8. The minimum Gasteiger partial charge on any atom is -0.481 e. The highest BCUT2D eigenvalue weighted by molar-refractivity contribution is 5.74. The minimum absolute atomic E-state index is 0.0146. The van der Waals surface area contributed by atoms with E-state index in [0.29, 0.717) is 0 Å². The lowest BCUT2D eigenvalue weighted by molar-refractivity contribution is -0.141. The first-order valence-corrected chi connectivity index (χ1v) is 5.75. The summed E-state index contributed by atoms with van der Waals surface area (Å²) in [6.07, 6.45) is -0.518. The third kappa shape index (κ3) is 3.87. The van der Waals surface area contributed by atoms with Gasteiger partial charge in [0.15, 0.2) is 0 Å². The molecule has 0 unspecified atom stereocenters. The van der Waals surface area contributed by atoms with Gasteiger partial charge in [0, 0.05) is 13.6 Å². The van der Waals surface area contributed by atoms with Crippen LogP contribution in [0, 0.1) is 5.92 Å². The molecule has 2 atom stereocenters. The second-order valence-corrected chi connectivity index (χ2v) is 5.37. The number of hydrogen-bond donors (Lipinski definition) is 1. The van der Waals surface area contributed by atoms with E-state index < -0.39 is 36.7 Å². The first kappa shape index (κ1) is 10.6. The number of carboxylic acid groups (broad SMARTS) is 1. The highest BCUT2D eigenvalue weighted by Gasteiger charge is 2.40. The third-order valence-electron chi connectivity index (χ3n) is 2.67. The van der Waals surface area contributed by atoms with E-state index in [0.717, 1.165) is 0 Å². The van der Waals surface area contributed by atoms with E-state index in [2.05, 4.69) is 0 Å². The van der Waals surface area contributed by atoms with Crippen molar-refractivity contribution in [2.24, 2.45) is 5.92 Å². The molecule has 1 amide bonds. The first-order valence-electron chi connectivity index (χ1n) is 7.25. The Bertz CT molecular complexity index is 405. The highest BCUT2D eigenvalue weighted by Crippen LogP contribution is 2.25. The van der Waals surface area contributed by atoms with Crippen molar-refractivity contribution in [2.75, 3.05) is 20.2 Å². The van der Waals surface area contributed by atoms with Gasteiger partial charge >= 0.3 is 12.1 Å². The monoisotopic (exact) mass is 262 g/mol. The topological polar surface area (TPSA) is 76.1 Å². The average molecular weight is 262 g/mol. The molecular weight excluding hydrogens is 238 g/mol. The molecule has 104 valence electrons. The molecule has 0 bridgehead atoms. The number of amides is 1. The van der Waals surface area contributed by atoms with Crippen molar-refractivity contribution in [3.63, 3.8) is 0 Å². The summed E-state index contributed by atoms with van der Waals surface area (Å²) < 4.78 is 30.9. The van der Waals surface area contributed by atoms with Crippen LogP contribution in [0.1, 0.15) is 31.3 Å². The van der Waals surface area contributed by atoms with Crippen LogP contribution in [-0.4, -0.2) is 53.9 Å². The van der Waals surface area contributed by atoms with Crippen molar-refractivity contribution in [3.05, 3.63) is 0 Å². The number of likely N-dealkylation sites (tertiary alicyclic amines) is 1. The van der Waals surface area contributed by atoms with Crippen LogP contribution >= 0.6 is 0 Å². The summed E-state index contributed by atoms with van der Waals surface area (Å²) in [5.41, 5.74) is -0.714. The van der Waals surface area contributed by atoms with Gasteiger partial charge in [-0.05, 0) is 27.2 Å². The number of hydrogen-bond acceptors (Lipinski definition) is 4. The van der Waals surface area contributed by atoms with Crippen molar-refractivity contribution < 1.29 is 28.3 Å². The molecule has 1 aliphatic heterocycles. The summed E-state index contributed by atoms with van der Waals surface area (Å²) in [5.74, 6) is -1.78. The van der Waals surface area contributed by atoms with Gasteiger partial charge in [0.2, 0.25) is 0 Å². The van der Waals surface area contributed by atoms with Gasteiger partial charge in [-0.1, -0.05) is 0 Å². The standard InChI is InChI=1S/C12H21NO5/c1-12(2,3)18-11(16)13-6-8(10(14)15)5-9(13)7-17-4/h8-9H,5-7H2,1-4H3,(H,14,15)/t8-,9-/m0/s1/i4D3. The van der Waals surface area contributed by atoms with E-state index in [1.165, 1.54) is 4.90 Å². The van der Waals surface area contributed by atoms with Crippen LogP contribution in [0.2, 0.25) is 0 Å². The van der Waals surface area contributed by atoms with Crippen LogP contribution in [0.5, 0.6) is 0 Å². The normalized spacial score (nSPS) is 27.3. The maximum atomic E-state index is 12.1. The van der Waals surface area contributed by atoms with Crippen molar-refractivity contribution >= 4 is 12.1 Å². The number of carbonyl (C=O) groups is 2. The number of carbonyl (C=O) groups excluding carboxylic acids is 1. The Morgan fingerprint density at radius 2 is 2.17 bits per heavy atom. The van der Waals surface area contributed by atoms with Crippen molar-refractivity contribution in [2.45, 2.75) is 38.8 Å². The second-order valence-electron chi connectivity index (χ2n) is 5.37. The van der Waals surface area contributed by atoms with Gasteiger partial charge in [0.25, 0.3) is 0 Å². The number of ether oxygens (including phenoxy) is 2. The number of methoxy groups -OCH3 is 1. The third-order valence-corrected chi connectivity index (χ3v) is 2.67. The van der Waals surface area contributed by atoms with Crippen LogP contribution < -0.4 is 0 Å². The fourth-order valence-corrected chi connectivity index (χ4v) is 1.89. The fraction of sp³-hybridized carbons (Fsp3) is 0.833. The summed E-state index contributed by atoms with van der Waals surface area (Å²) in [4.78, 5) is 24.4. The maximum absolute atomic E-state index is 12.1. The summed E-state index contributed by atoms with van der Waals surface area (Å²) in [6.45, 7) is 4.83. The van der Waals surface area contributed by atoms with Gasteiger partial charge in [-0.25, -0.2) is 4.79 Å². The summed E-state index contributed by atoms with van der Waals surface area (Å²) >= 11 is 0. The van der Waals surface area contributed by atoms with E-state index in [9.17, 15) is 9.59 Å². The Kier molecular flexibility index (Phi) is 3.28. The number of nitrogens with zero attached hydrogens (tertiary/aromatic N) is 1. The average Bonchev–Trinajstić information content (AvgIpc) is 2.67. The lowest BCUT2D eigenvalue weighted by Crippen LogP contribution is -2.41. The Hall–Kier alpha value is -1.30. The van der Waals surface area contributed by atoms with Gasteiger partial charge in [-0.15, -0.1) is 0 Å². The molecule has 18 heavy (non-hydrogen) atoms. The zero-order chi connectivity index (χ0) is 16.4. The van der Waals surface area contributed by atoms with Crippen LogP contribution in [0.25, 0.3) is 0 Å². The van der Waals surface area contributed by atoms with Crippen molar-refractivity contribution in [3.8, 4) is 0 Å². The molecule has 6 heteroatoms. The van der Waals surface area contributed by atoms with Crippen LogP contribution in [0.4, 0.5) is 4.79 Å². The second kappa shape index (κ2) is 5.56. The summed E-state index contributed by atoms with van der Waals surface area (Å²) in [6, 6.07) is -0.624. The molecule has 1 N–H and O–H groups in total. The summed E-state index contributed by atoms with van der Waals surface area (Å²) in [7, 11) is -2.58. The Morgan fingerprint density at radius 1 is 1.50 bits per heavy atom. The molecule has 0 aromatic rings. The highest BCUT2D eigenvalue weighted by atomic mass is 16.6. The molecule has 0 aliphatic carbocycles. The number of carboxylic acids is 1. The SMILES string of the molecule is [2H]C([2H])([2H])OC[C@@H]1C[C@H](C(=O)O)CN1C(=O)OC(C)(C)C. The van der Waals surface area contributed by atoms with Gasteiger partial charge < -0.3 is 19.5 Å². The fourth-order valence-electron chi connectivity index (χ4n) is 1.89. The van der Waals surface area contributed by atoms with E-state index >= 15 is 0 Å². The summed E-state index contributed by atoms with van der Waals surface area (Å²) in [5, 5.41) is 9.06. The van der Waals surface area contributed by atoms with Gasteiger partial charge in [0.1, 0.15) is 5.60 Å². The van der Waals surface area contributed by atoms with Crippen LogP contribution in [0.15, 0.2) is 0 Å². The first-order chi connectivity index (χ1) is 9.39. The zero-order valence-electron chi connectivity index (χ0n) is 13.8. The Labute approximate surface area is 111 Å². The van der Waals surface area contributed by atoms with Crippen molar-refractivity contribution in [1.82, 2.24) is 4.90 Å². The molecule has 6 nitrogen and oxygen atoms in total. The minimum atomic E-state index is -2.58. The molecule has 0 saturated carbocycles. The largest absolute Gasteiger partial charge is 0.481 e. The number of aliphatic carboxylic acids is 1. The lowest BCUT2D eigenvalue weighted by Gasteiger charge is -2.28. The predicted octanol–water partition coefficient (Wildman–Crippen LogP) is 1.34. The van der Waals surface area contributed by atoms with Gasteiger partial charge in [-0.3, -0.25) is 4.79 Å². The molecule has 1 fully saturated rings. The van der Waals surface area contributed by atoms with E-state index in [1.807, 2.05) is 0 Å². The molecule has 0 spiro atoms. The molecule has 0 radical (unpaired) electrons. The van der Waals surface area contributed by atoms with Crippen molar-refractivity contribution in [1.29, 1.82) is 0 Å². The molecule has 1 heterocycles. The predicted molar refractivity (Wildman–Crippen MR) is 64.3 cm³/mol. The Balaban J connectivity index is 2.76. The maximum Gasteiger partial charge on any atom is 0.410 e. The molecule has 0 aromatic carbocycles. The van der Waals surface area contributed by atoms with E-state index in [1.54, 1.807) is 20.8 Å². The van der Waals surface area contributed by atoms with E-state index in [-0.39, 0.29) is 19.6 Å². The van der Waals surface area contributed by atoms with Gasteiger partial charge in [0.05, 0.1) is 22.7 Å². The Morgan fingerprint density at radius 3 is 2.67 bits per heavy atom. The molecule has 1 aliphatic rings. The molecular formula is C12H21NO5. The van der Waals surface area contributed by atoms with Crippen LogP contribution in [-0.2, 0) is 14.3 Å². The van der Waals surface area contributed by atoms with E-state index in [4.69, 9.17) is 18.7 Å². The molecule has 1 rings (SSSR count). The quantitative estimate of drug-likeness (QED) is 0.830. The molecule has 1 saturated heterocycles. The number of rotatable bonds is 3.